The van der Waals surface area contributed by atoms with Gasteiger partial charge in [-0.2, -0.15) is 0 Å². The predicted octanol–water partition coefficient (Wildman–Crippen LogP) is 5.19. The first-order valence-electron chi connectivity index (χ1n) is 10.5. The first-order chi connectivity index (χ1) is 16.1. The van der Waals surface area contributed by atoms with Crippen LogP contribution in [0.3, 0.4) is 0 Å². The van der Waals surface area contributed by atoms with Crippen molar-refractivity contribution in [3.05, 3.63) is 117 Å². The molecule has 5 aromatic rings. The molecule has 164 valence electrons. The molecule has 0 radical (unpaired) electrons. The van der Waals surface area contributed by atoms with Crippen molar-refractivity contribution in [1.82, 2.24) is 14.5 Å². The number of carbonyl (C=O) groups excluding carboxylic acids is 1. The van der Waals surface area contributed by atoms with Crippen LogP contribution in [0.15, 0.2) is 93.7 Å². The van der Waals surface area contributed by atoms with Crippen molar-refractivity contribution < 1.29 is 9.21 Å². The molecule has 3 heterocycles. The Labute approximate surface area is 194 Å². The Morgan fingerprint density at radius 1 is 1.00 bits per heavy atom. The van der Waals surface area contributed by atoms with Crippen LogP contribution in [0.5, 0.6) is 0 Å². The van der Waals surface area contributed by atoms with Gasteiger partial charge < -0.3 is 9.32 Å². The summed E-state index contributed by atoms with van der Waals surface area (Å²) in [5.74, 6) is 1.21. The number of para-hydroxylation sites is 1. The zero-order valence-corrected chi connectivity index (χ0v) is 18.8. The second-order valence-corrected chi connectivity index (χ2v) is 8.72. The number of benzene rings is 2. The van der Waals surface area contributed by atoms with Gasteiger partial charge in [-0.05, 0) is 66.9 Å². The summed E-state index contributed by atoms with van der Waals surface area (Å²) in [6.07, 6.45) is 1.61. The molecule has 0 atom stereocenters. The fourth-order valence-corrected chi connectivity index (χ4v) is 4.58. The van der Waals surface area contributed by atoms with E-state index in [1.54, 1.807) is 64.3 Å². The van der Waals surface area contributed by atoms with Crippen molar-refractivity contribution >= 4 is 28.1 Å². The minimum absolute atomic E-state index is 0.105. The number of furan rings is 1. The number of carbonyl (C=O) groups is 1. The minimum atomic E-state index is -0.130. The molecular formula is C26H21N3O3S. The van der Waals surface area contributed by atoms with E-state index in [2.05, 4.69) is 4.98 Å². The lowest BCUT2D eigenvalue weighted by Crippen LogP contribution is -2.29. The van der Waals surface area contributed by atoms with Crippen LogP contribution in [0, 0.1) is 6.92 Å². The predicted molar refractivity (Wildman–Crippen MR) is 129 cm³/mol. The highest BCUT2D eigenvalue weighted by molar-refractivity contribution is 7.09. The number of aromatic nitrogens is 2. The third kappa shape index (κ3) is 4.23. The number of hydrogen-bond acceptors (Lipinski definition) is 5. The van der Waals surface area contributed by atoms with Crippen LogP contribution in [0.1, 0.15) is 26.8 Å². The van der Waals surface area contributed by atoms with Crippen LogP contribution in [0.25, 0.3) is 16.6 Å². The lowest BCUT2D eigenvalue weighted by molar-refractivity contribution is 0.0719. The Bertz CT molecular complexity index is 1420. The second-order valence-electron chi connectivity index (χ2n) is 7.68. The number of hydrogen-bond donors (Lipinski definition) is 0. The molecule has 0 saturated heterocycles. The van der Waals surface area contributed by atoms with Crippen LogP contribution in [-0.2, 0) is 13.1 Å². The van der Waals surface area contributed by atoms with E-state index in [-0.39, 0.29) is 11.5 Å². The molecule has 3 aromatic heterocycles. The molecule has 0 aliphatic heterocycles. The Morgan fingerprint density at radius 2 is 1.82 bits per heavy atom. The van der Waals surface area contributed by atoms with Crippen molar-refractivity contribution in [2.75, 3.05) is 0 Å². The van der Waals surface area contributed by atoms with Gasteiger partial charge in [0.15, 0.2) is 0 Å². The highest BCUT2D eigenvalue weighted by Crippen LogP contribution is 2.19. The highest BCUT2D eigenvalue weighted by atomic mass is 32.1. The monoisotopic (exact) mass is 455 g/mol. The maximum absolute atomic E-state index is 13.4. The molecule has 33 heavy (non-hydrogen) atoms. The summed E-state index contributed by atoms with van der Waals surface area (Å²) in [6.45, 7) is 2.67. The summed E-state index contributed by atoms with van der Waals surface area (Å²) in [4.78, 5) is 33.8. The Hall–Kier alpha value is -3.97. The van der Waals surface area contributed by atoms with Crippen LogP contribution in [-0.4, -0.2) is 20.4 Å². The number of rotatable bonds is 6. The zero-order valence-electron chi connectivity index (χ0n) is 18.0. The lowest BCUT2D eigenvalue weighted by atomic mass is 10.1. The van der Waals surface area contributed by atoms with Crippen molar-refractivity contribution in [3.8, 4) is 5.69 Å². The molecule has 0 unspecified atom stereocenters. The van der Waals surface area contributed by atoms with E-state index in [1.165, 1.54) is 0 Å². The molecule has 2 aromatic carbocycles. The summed E-state index contributed by atoms with van der Waals surface area (Å²) < 4.78 is 7.04. The number of thiophene rings is 1. The fourth-order valence-electron chi connectivity index (χ4n) is 3.86. The van der Waals surface area contributed by atoms with E-state index in [0.29, 0.717) is 41.1 Å². The van der Waals surface area contributed by atoms with Crippen LogP contribution in [0.2, 0.25) is 0 Å². The number of fused-ring (bicyclic) bond motifs is 1. The number of aryl methyl sites for hydroxylation is 1. The van der Waals surface area contributed by atoms with Crippen LogP contribution in [0.4, 0.5) is 0 Å². The van der Waals surface area contributed by atoms with Gasteiger partial charge >= 0.3 is 0 Å². The summed E-state index contributed by atoms with van der Waals surface area (Å²) in [7, 11) is 0. The van der Waals surface area contributed by atoms with Crippen molar-refractivity contribution in [2.24, 2.45) is 0 Å². The van der Waals surface area contributed by atoms with E-state index in [4.69, 9.17) is 4.42 Å². The Kier molecular flexibility index (Phi) is 5.62. The molecule has 0 aliphatic carbocycles. The molecule has 0 fully saturated rings. The molecule has 0 bridgehead atoms. The second kappa shape index (κ2) is 8.88. The topological polar surface area (TPSA) is 68.3 Å². The summed E-state index contributed by atoms with van der Waals surface area (Å²) >= 11 is 1.61. The van der Waals surface area contributed by atoms with Gasteiger partial charge in [0, 0.05) is 10.4 Å². The van der Waals surface area contributed by atoms with Gasteiger partial charge in [-0.3, -0.25) is 14.2 Å². The normalized spacial score (nSPS) is 11.1. The molecule has 0 N–H and O–H groups in total. The summed E-state index contributed by atoms with van der Waals surface area (Å²) in [5, 5.41) is 2.56. The van der Waals surface area contributed by atoms with Crippen LogP contribution < -0.4 is 5.56 Å². The zero-order chi connectivity index (χ0) is 22.8. The van der Waals surface area contributed by atoms with Gasteiger partial charge in [0.05, 0.1) is 35.9 Å². The maximum Gasteiger partial charge on any atom is 0.265 e. The van der Waals surface area contributed by atoms with E-state index < -0.39 is 0 Å². The smallest absolute Gasteiger partial charge is 0.265 e. The molecule has 5 rings (SSSR count). The van der Waals surface area contributed by atoms with Crippen molar-refractivity contribution in [1.29, 1.82) is 0 Å². The molecule has 0 aliphatic rings. The SMILES string of the molecule is Cc1nc2ccccc2c(=O)n1-c1ccc(C(=O)N(Cc2ccco2)Cc2cccs2)cc1. The first-order valence-corrected chi connectivity index (χ1v) is 11.4. The summed E-state index contributed by atoms with van der Waals surface area (Å²) in [5.41, 5.74) is 1.75. The van der Waals surface area contributed by atoms with Gasteiger partial charge in [-0.1, -0.05) is 18.2 Å². The van der Waals surface area contributed by atoms with Crippen molar-refractivity contribution in [3.63, 3.8) is 0 Å². The van der Waals surface area contributed by atoms with Gasteiger partial charge in [0.2, 0.25) is 0 Å². The third-order valence-electron chi connectivity index (χ3n) is 5.46. The Morgan fingerprint density at radius 3 is 2.55 bits per heavy atom. The van der Waals surface area contributed by atoms with Gasteiger partial charge in [0.25, 0.3) is 11.5 Å². The molecule has 1 amide bonds. The first kappa shape index (κ1) is 20.9. The van der Waals surface area contributed by atoms with E-state index in [9.17, 15) is 9.59 Å². The van der Waals surface area contributed by atoms with Crippen LogP contribution >= 0.6 is 11.3 Å². The highest BCUT2D eigenvalue weighted by Gasteiger charge is 2.19. The van der Waals surface area contributed by atoms with Crippen molar-refractivity contribution in [2.45, 2.75) is 20.0 Å². The van der Waals surface area contributed by atoms with Gasteiger partial charge in [0.1, 0.15) is 11.6 Å². The maximum atomic E-state index is 13.4. The molecular weight excluding hydrogens is 434 g/mol. The van der Waals surface area contributed by atoms with E-state index in [0.717, 1.165) is 10.6 Å². The minimum Gasteiger partial charge on any atom is -0.467 e. The molecule has 0 saturated carbocycles. The average Bonchev–Trinajstić information content (AvgIpc) is 3.53. The summed E-state index contributed by atoms with van der Waals surface area (Å²) in [6, 6.07) is 22.0. The fraction of sp³-hybridized carbons (Fsp3) is 0.115. The largest absolute Gasteiger partial charge is 0.467 e. The standard InChI is InChI=1S/C26H21N3O3S/c1-18-27-24-9-3-2-8-23(24)26(31)29(18)20-12-10-19(11-13-20)25(30)28(16-21-6-4-14-32-21)17-22-7-5-15-33-22/h2-15H,16-17H2,1H3. The van der Waals surface area contributed by atoms with Gasteiger partial charge in [-0.25, -0.2) is 4.98 Å². The average molecular weight is 456 g/mol. The van der Waals surface area contributed by atoms with Gasteiger partial charge in [-0.15, -0.1) is 11.3 Å². The van der Waals surface area contributed by atoms with E-state index >= 15 is 0 Å². The molecule has 0 spiro atoms. The third-order valence-corrected chi connectivity index (χ3v) is 6.32. The quantitative estimate of drug-likeness (QED) is 0.353. The molecule has 7 heteroatoms. The lowest BCUT2D eigenvalue weighted by Gasteiger charge is -2.21. The number of amides is 1. The van der Waals surface area contributed by atoms with E-state index in [1.807, 2.05) is 47.8 Å². The Balaban J connectivity index is 1.46. The number of nitrogens with zero attached hydrogens (tertiary/aromatic N) is 3. The molecule has 6 nitrogen and oxygen atoms in total.